The van der Waals surface area contributed by atoms with Gasteiger partial charge in [0.2, 0.25) is 0 Å². The molecule has 0 spiro atoms. The lowest BCUT2D eigenvalue weighted by atomic mass is 9.92. The van der Waals surface area contributed by atoms with Gasteiger partial charge in [0.15, 0.2) is 14.1 Å². The van der Waals surface area contributed by atoms with E-state index < -0.39 is 22.2 Å². The van der Waals surface area contributed by atoms with Crippen molar-refractivity contribution in [2.45, 2.75) is 76.7 Å². The minimum Gasteiger partial charge on any atom is -0.534 e. The molecular formula is C31H40O3Si2. The Morgan fingerprint density at radius 3 is 1.89 bits per heavy atom. The first-order valence-corrected chi connectivity index (χ1v) is 18.4. The van der Waals surface area contributed by atoms with Crippen LogP contribution >= 0.6 is 0 Å². The number of hydrogen-bond donors (Lipinski definition) is 0. The summed E-state index contributed by atoms with van der Waals surface area (Å²) in [6, 6.07) is 29.8. The number of carbonyl (C=O) groups is 1. The standard InChI is InChI=1S/C31H40O3Si2/c1-30(2,3)36(27-17-9-7-10-18-27,28-19-11-8-12-20-28)33-26-16-13-15-25(23-26)24-31(34-35(4,5)6)22-14-21-29(31)32/h7-13,15-20,23H,14,21-22,24H2,1-6H3/t31-/m0/s1. The van der Waals surface area contributed by atoms with Crippen LogP contribution in [0.4, 0.5) is 0 Å². The van der Waals surface area contributed by atoms with Crippen LogP contribution in [0, 0.1) is 0 Å². The van der Waals surface area contributed by atoms with E-state index in [0.717, 1.165) is 24.2 Å². The van der Waals surface area contributed by atoms with Crippen molar-refractivity contribution in [1.82, 2.24) is 0 Å². The highest BCUT2D eigenvalue weighted by Gasteiger charge is 2.52. The molecule has 5 heteroatoms. The first-order chi connectivity index (χ1) is 17.0. The molecule has 0 amide bonds. The minimum absolute atomic E-state index is 0.116. The Bertz CT molecular complexity index is 1140. The first kappa shape index (κ1) is 26.6. The second kappa shape index (κ2) is 10.1. The predicted molar refractivity (Wildman–Crippen MR) is 154 cm³/mol. The first-order valence-electron chi connectivity index (χ1n) is 13.1. The lowest BCUT2D eigenvalue weighted by Gasteiger charge is -2.43. The van der Waals surface area contributed by atoms with Gasteiger partial charge in [-0.1, -0.05) is 93.6 Å². The molecule has 3 aromatic carbocycles. The fraction of sp³-hybridized carbons (Fsp3) is 0.387. The molecule has 0 aromatic heterocycles. The van der Waals surface area contributed by atoms with Crippen molar-refractivity contribution in [3.63, 3.8) is 0 Å². The Morgan fingerprint density at radius 2 is 1.42 bits per heavy atom. The van der Waals surface area contributed by atoms with Gasteiger partial charge in [-0.3, -0.25) is 4.79 Å². The van der Waals surface area contributed by atoms with Crippen molar-refractivity contribution in [2.24, 2.45) is 0 Å². The number of ketones is 1. The van der Waals surface area contributed by atoms with Crippen LogP contribution in [0.15, 0.2) is 84.9 Å². The molecule has 0 saturated heterocycles. The van der Waals surface area contributed by atoms with Gasteiger partial charge in [0.25, 0.3) is 0 Å². The monoisotopic (exact) mass is 516 g/mol. The SMILES string of the molecule is CC(C)(C)[Si](Oc1cccc(C[C@@]2(O[Si](C)(C)C)CCCC2=O)c1)(c1ccccc1)c1ccccc1. The van der Waals surface area contributed by atoms with Crippen LogP contribution in [-0.4, -0.2) is 28.0 Å². The van der Waals surface area contributed by atoms with Gasteiger partial charge >= 0.3 is 8.32 Å². The molecule has 0 N–H and O–H groups in total. The summed E-state index contributed by atoms with van der Waals surface area (Å²) in [5.74, 6) is 1.11. The van der Waals surface area contributed by atoms with Gasteiger partial charge in [0.05, 0.1) is 0 Å². The molecule has 4 rings (SSSR count). The smallest absolute Gasteiger partial charge is 0.319 e. The van der Waals surface area contributed by atoms with E-state index in [1.165, 1.54) is 10.4 Å². The van der Waals surface area contributed by atoms with Crippen LogP contribution in [0.1, 0.15) is 45.6 Å². The highest BCUT2D eigenvalue weighted by molar-refractivity contribution is 7.00. The molecule has 0 heterocycles. The van der Waals surface area contributed by atoms with Gasteiger partial charge in [-0.25, -0.2) is 0 Å². The maximum Gasteiger partial charge on any atom is 0.319 e. The number of benzene rings is 3. The molecule has 0 bridgehead atoms. The van der Waals surface area contributed by atoms with Crippen LogP contribution in [0.25, 0.3) is 0 Å². The molecule has 190 valence electrons. The molecule has 1 aliphatic carbocycles. The molecule has 3 aromatic rings. The van der Waals surface area contributed by atoms with Crippen LogP contribution in [-0.2, 0) is 15.6 Å². The summed E-state index contributed by atoms with van der Waals surface area (Å²) in [5, 5.41) is 2.38. The third-order valence-electron chi connectivity index (χ3n) is 7.07. The number of hydrogen-bond acceptors (Lipinski definition) is 3. The summed E-state index contributed by atoms with van der Waals surface area (Å²) >= 11 is 0. The van der Waals surface area contributed by atoms with Gasteiger partial charge in [-0.15, -0.1) is 0 Å². The van der Waals surface area contributed by atoms with E-state index in [-0.39, 0.29) is 10.8 Å². The highest BCUT2D eigenvalue weighted by atomic mass is 28.4. The summed E-state index contributed by atoms with van der Waals surface area (Å²) < 4.78 is 13.8. The van der Waals surface area contributed by atoms with Gasteiger partial charge in [-0.2, -0.15) is 0 Å². The molecule has 0 unspecified atom stereocenters. The van der Waals surface area contributed by atoms with E-state index >= 15 is 0 Å². The van der Waals surface area contributed by atoms with Crippen molar-refractivity contribution < 1.29 is 13.6 Å². The topological polar surface area (TPSA) is 35.5 Å². The van der Waals surface area contributed by atoms with Crippen LogP contribution in [0.3, 0.4) is 0 Å². The van der Waals surface area contributed by atoms with Crippen molar-refractivity contribution >= 4 is 32.8 Å². The fourth-order valence-corrected chi connectivity index (χ4v) is 11.6. The van der Waals surface area contributed by atoms with Gasteiger partial charge in [0.1, 0.15) is 11.4 Å². The molecule has 1 fully saturated rings. The zero-order valence-corrected chi connectivity index (χ0v) is 24.6. The second-order valence-corrected chi connectivity index (χ2v) is 20.7. The van der Waals surface area contributed by atoms with Gasteiger partial charge < -0.3 is 8.85 Å². The molecule has 0 radical (unpaired) electrons. The zero-order valence-electron chi connectivity index (χ0n) is 22.6. The Morgan fingerprint density at radius 1 is 0.833 bits per heavy atom. The summed E-state index contributed by atoms with van der Waals surface area (Å²) in [6.45, 7) is 13.4. The highest BCUT2D eigenvalue weighted by Crippen LogP contribution is 2.39. The second-order valence-electron chi connectivity index (χ2n) is 12.1. The van der Waals surface area contributed by atoms with Crippen molar-refractivity contribution in [2.75, 3.05) is 0 Å². The summed E-state index contributed by atoms with van der Waals surface area (Å²) in [5.41, 5.74) is 0.402. The third-order valence-corrected chi connectivity index (χ3v) is 13.0. The van der Waals surface area contributed by atoms with Crippen molar-refractivity contribution in [3.05, 3.63) is 90.5 Å². The maximum absolute atomic E-state index is 13.1. The Balaban J connectivity index is 1.77. The molecule has 3 nitrogen and oxygen atoms in total. The molecule has 36 heavy (non-hydrogen) atoms. The number of Topliss-reactive ketones (excluding diaryl/α,β-unsaturated/α-hetero) is 1. The van der Waals surface area contributed by atoms with E-state index in [4.69, 9.17) is 8.85 Å². The molecule has 1 saturated carbocycles. The lowest BCUT2D eigenvalue weighted by Crippen LogP contribution is -2.68. The molecule has 0 aliphatic heterocycles. The largest absolute Gasteiger partial charge is 0.534 e. The normalized spacial score (nSPS) is 18.9. The number of rotatable bonds is 8. The Labute approximate surface area is 219 Å². The minimum atomic E-state index is -2.72. The van der Waals surface area contributed by atoms with Crippen LogP contribution in [0.5, 0.6) is 5.75 Å². The van der Waals surface area contributed by atoms with E-state index in [2.05, 4.69) is 125 Å². The fourth-order valence-electron chi connectivity index (χ4n) is 5.69. The Kier molecular flexibility index (Phi) is 7.47. The molecule has 1 atom stereocenters. The van der Waals surface area contributed by atoms with Gasteiger partial charge in [-0.05, 0) is 65.6 Å². The lowest BCUT2D eigenvalue weighted by molar-refractivity contribution is -0.131. The van der Waals surface area contributed by atoms with Crippen molar-refractivity contribution in [1.29, 1.82) is 0 Å². The number of carbonyl (C=O) groups excluding carboxylic acids is 1. The quantitative estimate of drug-likeness (QED) is 0.320. The summed E-state index contributed by atoms with van der Waals surface area (Å²) in [7, 11) is -4.62. The van der Waals surface area contributed by atoms with Crippen molar-refractivity contribution in [3.8, 4) is 5.75 Å². The maximum atomic E-state index is 13.1. The van der Waals surface area contributed by atoms with Crippen LogP contribution < -0.4 is 14.8 Å². The van der Waals surface area contributed by atoms with E-state index in [0.29, 0.717) is 12.8 Å². The predicted octanol–water partition coefficient (Wildman–Crippen LogP) is 6.51. The third kappa shape index (κ3) is 5.43. The molecular weight excluding hydrogens is 477 g/mol. The molecule has 1 aliphatic rings. The summed E-state index contributed by atoms with van der Waals surface area (Å²) in [6.07, 6.45) is 2.92. The van der Waals surface area contributed by atoms with E-state index in [1.54, 1.807) is 0 Å². The summed E-state index contributed by atoms with van der Waals surface area (Å²) in [4.78, 5) is 13.1. The Hall–Kier alpha value is -2.48. The van der Waals surface area contributed by atoms with E-state index in [9.17, 15) is 4.79 Å². The average Bonchev–Trinajstić information content (AvgIpc) is 3.15. The van der Waals surface area contributed by atoms with E-state index in [1.807, 2.05) is 0 Å². The van der Waals surface area contributed by atoms with Crippen LogP contribution in [0.2, 0.25) is 24.7 Å². The zero-order chi connectivity index (χ0) is 26.0. The van der Waals surface area contributed by atoms with Gasteiger partial charge in [0, 0.05) is 12.8 Å². The average molecular weight is 517 g/mol.